The lowest BCUT2D eigenvalue weighted by Gasteiger charge is -2.47. The van der Waals surface area contributed by atoms with Crippen LogP contribution in [0.5, 0.6) is 0 Å². The third-order valence-electron chi connectivity index (χ3n) is 9.80. The van der Waals surface area contributed by atoms with Gasteiger partial charge in [-0.15, -0.1) is 0 Å². The third-order valence-corrected chi connectivity index (χ3v) is 9.80. The molecule has 2 fully saturated rings. The van der Waals surface area contributed by atoms with E-state index < -0.39 is 5.60 Å². The first-order valence-electron chi connectivity index (χ1n) is 12.6. The third kappa shape index (κ3) is 4.95. The number of allylic oxidation sites excluding steroid dienone is 1. The van der Waals surface area contributed by atoms with Gasteiger partial charge in [-0.1, -0.05) is 39.3 Å². The van der Waals surface area contributed by atoms with Crippen molar-refractivity contribution in [3.8, 4) is 0 Å². The molecule has 0 heterocycles. The van der Waals surface area contributed by atoms with Crippen molar-refractivity contribution in [2.45, 2.75) is 124 Å². The molecule has 3 rings (SSSR count). The fourth-order valence-electron chi connectivity index (χ4n) is 7.32. The zero-order chi connectivity index (χ0) is 21.4. The average molecular weight is 405 g/mol. The van der Waals surface area contributed by atoms with Gasteiger partial charge in [0.15, 0.2) is 0 Å². The molecule has 3 aliphatic rings. The summed E-state index contributed by atoms with van der Waals surface area (Å²) in [6.45, 7) is 13.9. The second-order valence-electron chi connectivity index (χ2n) is 12.3. The van der Waals surface area contributed by atoms with E-state index in [2.05, 4.69) is 33.8 Å². The predicted octanol–water partition coefficient (Wildman–Crippen LogP) is 6.89. The molecule has 0 saturated heterocycles. The molecular formula is C27H48O2. The average Bonchev–Trinajstić information content (AvgIpc) is 2.96. The molecule has 0 bridgehead atoms. The first kappa shape index (κ1) is 23.3. The van der Waals surface area contributed by atoms with Crippen molar-refractivity contribution in [3.05, 3.63) is 11.6 Å². The highest BCUT2D eigenvalue weighted by Crippen LogP contribution is 2.58. The van der Waals surface area contributed by atoms with Gasteiger partial charge in [-0.25, -0.2) is 0 Å². The van der Waals surface area contributed by atoms with E-state index in [9.17, 15) is 10.2 Å². The fraction of sp³-hybridized carbons (Fsp3) is 0.926. The Morgan fingerprint density at radius 1 is 1.10 bits per heavy atom. The molecule has 0 radical (unpaired) electrons. The Morgan fingerprint density at radius 3 is 2.52 bits per heavy atom. The molecule has 0 unspecified atom stereocenters. The second-order valence-corrected chi connectivity index (χ2v) is 12.3. The summed E-state index contributed by atoms with van der Waals surface area (Å²) in [7, 11) is 0. The summed E-state index contributed by atoms with van der Waals surface area (Å²) in [4.78, 5) is 0. The maximum absolute atomic E-state index is 10.3. The monoisotopic (exact) mass is 404 g/mol. The summed E-state index contributed by atoms with van der Waals surface area (Å²) in [5, 5.41) is 20.5. The lowest BCUT2D eigenvalue weighted by atomic mass is 9.58. The predicted molar refractivity (Wildman–Crippen MR) is 123 cm³/mol. The SMILES string of the molecule is C[C@H](CCC(C)(C)O)[C@H]1CC[C@H]2CC/C=C3/C[C@@H](O)CC[C@]3(C)[C@H](C)CC[C@@]21C. The van der Waals surface area contributed by atoms with E-state index in [1.165, 1.54) is 38.5 Å². The molecule has 2 nitrogen and oxygen atoms in total. The van der Waals surface area contributed by atoms with Gasteiger partial charge in [0, 0.05) is 0 Å². The van der Waals surface area contributed by atoms with Crippen molar-refractivity contribution >= 4 is 0 Å². The van der Waals surface area contributed by atoms with Crippen molar-refractivity contribution in [1.82, 2.24) is 0 Å². The lowest BCUT2D eigenvalue weighted by Crippen LogP contribution is -2.38. The minimum atomic E-state index is -0.542. The van der Waals surface area contributed by atoms with Crippen LogP contribution in [0.4, 0.5) is 0 Å². The molecule has 2 saturated carbocycles. The lowest BCUT2D eigenvalue weighted by molar-refractivity contribution is 0.0367. The summed E-state index contributed by atoms with van der Waals surface area (Å²) in [6, 6.07) is 0. The molecule has 0 aromatic rings. The molecular weight excluding hydrogens is 356 g/mol. The zero-order valence-corrected chi connectivity index (χ0v) is 20.1. The largest absolute Gasteiger partial charge is 0.393 e. The van der Waals surface area contributed by atoms with Crippen LogP contribution in [0.2, 0.25) is 0 Å². The van der Waals surface area contributed by atoms with Gasteiger partial charge >= 0.3 is 0 Å². The van der Waals surface area contributed by atoms with Crippen LogP contribution in [-0.2, 0) is 0 Å². The number of fused-ring (bicyclic) bond motifs is 2. The Bertz CT molecular complexity index is 588. The van der Waals surface area contributed by atoms with Crippen LogP contribution < -0.4 is 0 Å². The van der Waals surface area contributed by atoms with Gasteiger partial charge in [-0.2, -0.15) is 0 Å². The molecule has 0 spiro atoms. The molecule has 2 N–H and O–H groups in total. The van der Waals surface area contributed by atoms with E-state index in [-0.39, 0.29) is 11.5 Å². The maximum Gasteiger partial charge on any atom is 0.0591 e. The van der Waals surface area contributed by atoms with Crippen LogP contribution in [0.25, 0.3) is 0 Å². The van der Waals surface area contributed by atoms with Gasteiger partial charge in [0.05, 0.1) is 11.7 Å². The summed E-state index contributed by atoms with van der Waals surface area (Å²) >= 11 is 0. The smallest absolute Gasteiger partial charge is 0.0591 e. The van der Waals surface area contributed by atoms with Gasteiger partial charge in [0.1, 0.15) is 0 Å². The fourth-order valence-corrected chi connectivity index (χ4v) is 7.32. The standard InChI is InChI=1S/C27H48O2/c1-19(12-15-25(3,4)29)24-11-10-21-8-7-9-22-18-23(28)14-17-26(22,5)20(2)13-16-27(21,24)6/h9,19-21,23-24,28-29H,7-8,10-18H2,1-6H3/b22-9-/t19-,20-,21-,23+,24-,26-,27+/m1/s1. The highest BCUT2D eigenvalue weighted by atomic mass is 16.3. The number of hydrogen-bond acceptors (Lipinski definition) is 2. The molecule has 7 atom stereocenters. The maximum atomic E-state index is 10.3. The van der Waals surface area contributed by atoms with Crippen molar-refractivity contribution < 1.29 is 10.2 Å². The van der Waals surface area contributed by atoms with Crippen molar-refractivity contribution in [1.29, 1.82) is 0 Å². The molecule has 0 amide bonds. The first-order valence-corrected chi connectivity index (χ1v) is 12.6. The molecule has 0 aliphatic heterocycles. The van der Waals surface area contributed by atoms with Gasteiger partial charge in [-0.3, -0.25) is 0 Å². The van der Waals surface area contributed by atoms with Crippen LogP contribution >= 0.6 is 0 Å². The Labute approximate surface area is 180 Å². The molecule has 0 aromatic carbocycles. The topological polar surface area (TPSA) is 40.5 Å². The van der Waals surface area contributed by atoms with Crippen molar-refractivity contribution in [3.63, 3.8) is 0 Å². The first-order chi connectivity index (χ1) is 13.5. The van der Waals surface area contributed by atoms with Crippen LogP contribution in [-0.4, -0.2) is 21.9 Å². The molecule has 2 heteroatoms. The minimum absolute atomic E-state index is 0.123. The minimum Gasteiger partial charge on any atom is -0.393 e. The van der Waals surface area contributed by atoms with E-state index in [0.717, 1.165) is 43.9 Å². The summed E-state index contributed by atoms with van der Waals surface area (Å²) in [5.41, 5.74) is 1.74. The highest BCUT2D eigenvalue weighted by molar-refractivity contribution is 5.19. The normalized spacial score (nSPS) is 44.3. The molecule has 3 aliphatic carbocycles. The Morgan fingerprint density at radius 2 is 1.83 bits per heavy atom. The van der Waals surface area contributed by atoms with E-state index in [1.54, 1.807) is 5.57 Å². The van der Waals surface area contributed by atoms with Crippen LogP contribution in [0.3, 0.4) is 0 Å². The van der Waals surface area contributed by atoms with E-state index >= 15 is 0 Å². The van der Waals surface area contributed by atoms with Gasteiger partial charge in [0.2, 0.25) is 0 Å². The van der Waals surface area contributed by atoms with Gasteiger partial charge in [0.25, 0.3) is 0 Å². The van der Waals surface area contributed by atoms with Gasteiger partial charge in [-0.05, 0) is 119 Å². The van der Waals surface area contributed by atoms with Crippen molar-refractivity contribution in [2.75, 3.05) is 0 Å². The van der Waals surface area contributed by atoms with E-state index in [0.29, 0.717) is 17.3 Å². The number of aliphatic hydroxyl groups is 2. The summed E-state index contributed by atoms with van der Waals surface area (Å²) < 4.78 is 0. The van der Waals surface area contributed by atoms with Gasteiger partial charge < -0.3 is 10.2 Å². The van der Waals surface area contributed by atoms with Crippen LogP contribution in [0, 0.1) is 34.5 Å². The zero-order valence-electron chi connectivity index (χ0n) is 20.1. The Balaban J connectivity index is 1.78. The Kier molecular flexibility index (Phi) is 6.96. The number of rotatable bonds is 4. The van der Waals surface area contributed by atoms with E-state index in [4.69, 9.17) is 0 Å². The van der Waals surface area contributed by atoms with Crippen LogP contribution in [0.1, 0.15) is 112 Å². The van der Waals surface area contributed by atoms with Crippen LogP contribution in [0.15, 0.2) is 11.6 Å². The van der Waals surface area contributed by atoms with Crippen molar-refractivity contribution in [2.24, 2.45) is 34.5 Å². The summed E-state index contributed by atoms with van der Waals surface area (Å²) in [6.07, 6.45) is 15.4. The second kappa shape index (κ2) is 8.65. The molecule has 168 valence electrons. The highest BCUT2D eigenvalue weighted by Gasteiger charge is 2.49. The molecule has 29 heavy (non-hydrogen) atoms. The summed E-state index contributed by atoms with van der Waals surface area (Å²) in [5.74, 6) is 3.01. The quantitative estimate of drug-likeness (QED) is 0.501. The number of hydrogen-bond donors (Lipinski definition) is 2. The van der Waals surface area contributed by atoms with E-state index in [1.807, 2.05) is 13.8 Å². The Hall–Kier alpha value is -0.340. The number of aliphatic hydroxyl groups excluding tert-OH is 1. The molecule has 0 aromatic heterocycles.